The Morgan fingerprint density at radius 2 is 2.29 bits per heavy atom. The third-order valence-electron chi connectivity index (χ3n) is 2.24. The Bertz CT molecular complexity index is 281. The van der Waals surface area contributed by atoms with Gasteiger partial charge in [0.15, 0.2) is 0 Å². The van der Waals surface area contributed by atoms with Crippen molar-refractivity contribution in [2.75, 3.05) is 24.6 Å². The Morgan fingerprint density at radius 3 is 3.07 bits per heavy atom. The first-order valence-electron chi connectivity index (χ1n) is 4.94. The molecular weight excluding hydrogens is 198 g/mol. The van der Waals surface area contributed by atoms with Crippen LogP contribution in [0.5, 0.6) is 0 Å². The SMILES string of the molecule is Cc1nnc(CN2CCCSCC2)o1. The summed E-state index contributed by atoms with van der Waals surface area (Å²) in [5.74, 6) is 3.89. The minimum atomic E-state index is 0.657. The molecule has 1 aliphatic heterocycles. The second kappa shape index (κ2) is 4.79. The summed E-state index contributed by atoms with van der Waals surface area (Å²) >= 11 is 2.03. The number of aromatic nitrogens is 2. The molecule has 1 aliphatic rings. The lowest BCUT2D eigenvalue weighted by atomic mass is 10.4. The highest BCUT2D eigenvalue weighted by Gasteiger charge is 2.12. The molecular formula is C9H15N3OS. The molecule has 0 aromatic carbocycles. The van der Waals surface area contributed by atoms with Gasteiger partial charge < -0.3 is 4.42 Å². The molecule has 0 N–H and O–H groups in total. The first-order valence-corrected chi connectivity index (χ1v) is 6.09. The molecule has 1 aromatic heterocycles. The monoisotopic (exact) mass is 213 g/mol. The van der Waals surface area contributed by atoms with Crippen molar-refractivity contribution in [1.29, 1.82) is 0 Å². The zero-order valence-electron chi connectivity index (χ0n) is 8.40. The Morgan fingerprint density at radius 1 is 1.36 bits per heavy atom. The summed E-state index contributed by atoms with van der Waals surface area (Å²) in [5.41, 5.74) is 0. The smallest absolute Gasteiger partial charge is 0.230 e. The molecule has 0 spiro atoms. The normalized spacial score (nSPS) is 19.5. The summed E-state index contributed by atoms with van der Waals surface area (Å²) in [6.07, 6.45) is 1.26. The number of thioether (sulfide) groups is 1. The Labute approximate surface area is 88.1 Å². The van der Waals surface area contributed by atoms with Gasteiger partial charge in [-0.15, -0.1) is 10.2 Å². The fraction of sp³-hybridized carbons (Fsp3) is 0.778. The van der Waals surface area contributed by atoms with E-state index in [9.17, 15) is 0 Å². The fourth-order valence-electron chi connectivity index (χ4n) is 1.55. The maximum absolute atomic E-state index is 5.36. The van der Waals surface area contributed by atoms with Gasteiger partial charge in [0.1, 0.15) is 0 Å². The van der Waals surface area contributed by atoms with Crippen LogP contribution >= 0.6 is 11.8 Å². The summed E-state index contributed by atoms with van der Waals surface area (Å²) in [6.45, 7) is 4.91. The Kier molecular flexibility index (Phi) is 3.42. The molecule has 2 heterocycles. The number of aryl methyl sites for hydroxylation is 1. The van der Waals surface area contributed by atoms with Gasteiger partial charge in [-0.05, 0) is 18.7 Å². The average molecular weight is 213 g/mol. The van der Waals surface area contributed by atoms with Crippen LogP contribution in [0.15, 0.2) is 4.42 Å². The van der Waals surface area contributed by atoms with E-state index >= 15 is 0 Å². The number of rotatable bonds is 2. The van der Waals surface area contributed by atoms with Crippen LogP contribution in [0.2, 0.25) is 0 Å². The lowest BCUT2D eigenvalue weighted by Crippen LogP contribution is -2.25. The molecule has 4 nitrogen and oxygen atoms in total. The van der Waals surface area contributed by atoms with Gasteiger partial charge in [-0.1, -0.05) is 0 Å². The predicted octanol–water partition coefficient (Wildman–Crippen LogP) is 1.32. The van der Waals surface area contributed by atoms with Crippen LogP contribution in [0, 0.1) is 6.92 Å². The lowest BCUT2D eigenvalue weighted by molar-refractivity contribution is 0.255. The van der Waals surface area contributed by atoms with Crippen molar-refractivity contribution in [3.63, 3.8) is 0 Å². The highest BCUT2D eigenvalue weighted by molar-refractivity contribution is 7.99. The van der Waals surface area contributed by atoms with E-state index in [0.717, 1.165) is 25.5 Å². The lowest BCUT2D eigenvalue weighted by Gasteiger charge is -2.16. The van der Waals surface area contributed by atoms with Gasteiger partial charge in [0.05, 0.1) is 6.54 Å². The van der Waals surface area contributed by atoms with Gasteiger partial charge in [-0.25, -0.2) is 0 Å². The molecule has 1 fully saturated rings. The van der Waals surface area contributed by atoms with Crippen LogP contribution < -0.4 is 0 Å². The van der Waals surface area contributed by atoms with Gasteiger partial charge >= 0.3 is 0 Å². The molecule has 1 saturated heterocycles. The topological polar surface area (TPSA) is 42.2 Å². The van der Waals surface area contributed by atoms with Gasteiger partial charge in [-0.3, -0.25) is 4.90 Å². The Balaban J connectivity index is 1.89. The van der Waals surface area contributed by atoms with Gasteiger partial charge in [0, 0.05) is 19.2 Å². The summed E-state index contributed by atoms with van der Waals surface area (Å²) in [7, 11) is 0. The van der Waals surface area contributed by atoms with Crippen molar-refractivity contribution in [3.8, 4) is 0 Å². The van der Waals surface area contributed by atoms with Crippen molar-refractivity contribution >= 4 is 11.8 Å². The molecule has 0 bridgehead atoms. The number of hydrogen-bond acceptors (Lipinski definition) is 5. The summed E-state index contributed by atoms with van der Waals surface area (Å²) in [5, 5.41) is 7.83. The van der Waals surface area contributed by atoms with Crippen molar-refractivity contribution in [3.05, 3.63) is 11.8 Å². The largest absolute Gasteiger partial charge is 0.424 e. The second-order valence-corrected chi connectivity index (χ2v) is 4.68. The van der Waals surface area contributed by atoms with Crippen LogP contribution in [0.1, 0.15) is 18.2 Å². The van der Waals surface area contributed by atoms with E-state index in [1.807, 2.05) is 18.7 Å². The second-order valence-electron chi connectivity index (χ2n) is 3.46. The van der Waals surface area contributed by atoms with E-state index in [0.29, 0.717) is 5.89 Å². The van der Waals surface area contributed by atoms with E-state index in [4.69, 9.17) is 4.42 Å². The molecule has 0 unspecified atom stereocenters. The standard InChI is InChI=1S/C9H15N3OS/c1-8-10-11-9(13-8)7-12-3-2-5-14-6-4-12/h2-7H2,1H3. The number of nitrogens with zero attached hydrogens (tertiary/aromatic N) is 3. The molecule has 2 rings (SSSR count). The van der Waals surface area contributed by atoms with E-state index in [2.05, 4.69) is 15.1 Å². The van der Waals surface area contributed by atoms with Crippen LogP contribution in [0.4, 0.5) is 0 Å². The quantitative estimate of drug-likeness (QED) is 0.741. The van der Waals surface area contributed by atoms with Crippen molar-refractivity contribution < 1.29 is 4.42 Å². The molecule has 78 valence electrons. The molecule has 0 atom stereocenters. The van der Waals surface area contributed by atoms with Crippen LogP contribution in [0.3, 0.4) is 0 Å². The van der Waals surface area contributed by atoms with Gasteiger partial charge in [0.25, 0.3) is 0 Å². The first kappa shape index (κ1) is 9.98. The molecule has 0 aliphatic carbocycles. The molecule has 0 saturated carbocycles. The first-order chi connectivity index (χ1) is 6.84. The van der Waals surface area contributed by atoms with Crippen LogP contribution in [-0.2, 0) is 6.54 Å². The van der Waals surface area contributed by atoms with Crippen LogP contribution in [0.25, 0.3) is 0 Å². The number of hydrogen-bond donors (Lipinski definition) is 0. The van der Waals surface area contributed by atoms with E-state index in [1.165, 1.54) is 17.9 Å². The third kappa shape index (κ3) is 2.72. The Hall–Kier alpha value is -0.550. The molecule has 14 heavy (non-hydrogen) atoms. The van der Waals surface area contributed by atoms with Gasteiger partial charge in [-0.2, -0.15) is 11.8 Å². The predicted molar refractivity (Wildman–Crippen MR) is 56.3 cm³/mol. The van der Waals surface area contributed by atoms with E-state index in [1.54, 1.807) is 0 Å². The summed E-state index contributed by atoms with van der Waals surface area (Å²) < 4.78 is 5.36. The molecule has 1 aromatic rings. The maximum atomic E-state index is 5.36. The van der Waals surface area contributed by atoms with Crippen molar-refractivity contribution in [2.45, 2.75) is 19.9 Å². The highest BCUT2D eigenvalue weighted by atomic mass is 32.2. The highest BCUT2D eigenvalue weighted by Crippen LogP contribution is 2.12. The average Bonchev–Trinajstić information content (AvgIpc) is 2.43. The van der Waals surface area contributed by atoms with E-state index in [-0.39, 0.29) is 0 Å². The fourth-order valence-corrected chi connectivity index (χ4v) is 2.47. The summed E-state index contributed by atoms with van der Waals surface area (Å²) in [4.78, 5) is 2.38. The van der Waals surface area contributed by atoms with Crippen molar-refractivity contribution in [2.24, 2.45) is 0 Å². The molecule has 0 radical (unpaired) electrons. The van der Waals surface area contributed by atoms with E-state index < -0.39 is 0 Å². The van der Waals surface area contributed by atoms with Crippen LogP contribution in [-0.4, -0.2) is 39.7 Å². The summed E-state index contributed by atoms with van der Waals surface area (Å²) in [6, 6.07) is 0. The minimum Gasteiger partial charge on any atom is -0.424 e. The molecule has 5 heteroatoms. The maximum Gasteiger partial charge on any atom is 0.230 e. The minimum absolute atomic E-state index is 0.657. The van der Waals surface area contributed by atoms with Crippen molar-refractivity contribution in [1.82, 2.24) is 15.1 Å². The molecule has 0 amide bonds. The zero-order valence-corrected chi connectivity index (χ0v) is 9.22. The third-order valence-corrected chi connectivity index (χ3v) is 3.29. The zero-order chi connectivity index (χ0) is 9.80. The van der Waals surface area contributed by atoms with Gasteiger partial charge in [0.2, 0.25) is 11.8 Å².